The molecule has 31 heavy (non-hydrogen) atoms. The summed E-state index contributed by atoms with van der Waals surface area (Å²) in [6.07, 6.45) is 6.12. The Hall–Kier alpha value is -2.31. The van der Waals surface area contributed by atoms with E-state index in [9.17, 15) is 9.90 Å². The fourth-order valence-corrected chi connectivity index (χ4v) is 5.16. The molecule has 1 spiro atoms. The minimum atomic E-state index is -0.217. The summed E-state index contributed by atoms with van der Waals surface area (Å²) >= 11 is 6.65. The van der Waals surface area contributed by atoms with Crippen LogP contribution >= 0.6 is 11.6 Å². The molecule has 2 aliphatic rings. The second-order valence-corrected chi connectivity index (χ2v) is 9.00. The van der Waals surface area contributed by atoms with Crippen molar-refractivity contribution < 1.29 is 9.90 Å². The summed E-state index contributed by atoms with van der Waals surface area (Å²) in [7, 11) is 0. The van der Waals surface area contributed by atoms with Crippen molar-refractivity contribution in [2.45, 2.75) is 39.7 Å². The maximum absolute atomic E-state index is 12.4. The predicted octanol–water partition coefficient (Wildman–Crippen LogP) is 4.06. The van der Waals surface area contributed by atoms with Gasteiger partial charge in [0.15, 0.2) is 0 Å². The van der Waals surface area contributed by atoms with Crippen molar-refractivity contribution in [3.8, 4) is 16.9 Å². The number of phenolic OH excluding ortho intramolecular Hbond substituents is 1. The van der Waals surface area contributed by atoms with Gasteiger partial charge in [0.2, 0.25) is 5.91 Å². The van der Waals surface area contributed by atoms with Crippen LogP contribution in [0, 0.1) is 5.41 Å². The zero-order valence-electron chi connectivity index (χ0n) is 18.3. The van der Waals surface area contributed by atoms with Gasteiger partial charge in [-0.05, 0) is 50.0 Å². The van der Waals surface area contributed by atoms with Crippen LogP contribution in [-0.2, 0) is 11.3 Å². The molecule has 3 heterocycles. The van der Waals surface area contributed by atoms with Gasteiger partial charge in [0.1, 0.15) is 5.75 Å². The molecular weight excluding hydrogens is 412 g/mol. The summed E-state index contributed by atoms with van der Waals surface area (Å²) in [6.45, 7) is 9.14. The van der Waals surface area contributed by atoms with E-state index in [4.69, 9.17) is 11.6 Å². The summed E-state index contributed by atoms with van der Waals surface area (Å²) in [5.74, 6) is 0.507. The normalized spacial score (nSPS) is 18.1. The first-order valence-electron chi connectivity index (χ1n) is 11.2. The highest BCUT2D eigenvalue weighted by Gasteiger charge is 2.44. The number of benzene rings is 1. The van der Waals surface area contributed by atoms with Gasteiger partial charge in [-0.25, -0.2) is 0 Å². The molecule has 0 atom stereocenters. The molecule has 166 valence electrons. The van der Waals surface area contributed by atoms with Gasteiger partial charge in [-0.2, -0.15) is 0 Å². The maximum atomic E-state index is 12.4. The number of halogens is 1. The van der Waals surface area contributed by atoms with Crippen molar-refractivity contribution >= 4 is 23.2 Å². The lowest BCUT2D eigenvalue weighted by Crippen LogP contribution is -2.44. The first-order valence-corrected chi connectivity index (χ1v) is 11.6. The summed E-state index contributed by atoms with van der Waals surface area (Å²) in [5, 5.41) is 14.0. The first kappa shape index (κ1) is 21.9. The molecule has 1 aromatic heterocycles. The number of rotatable bonds is 6. The average molecular weight is 443 g/mol. The number of pyridine rings is 1. The van der Waals surface area contributed by atoms with E-state index in [1.165, 1.54) is 0 Å². The number of piperidine rings is 1. The minimum Gasteiger partial charge on any atom is -0.508 e. The fraction of sp³-hybridized carbons (Fsp3) is 0.500. The number of aromatic nitrogens is 1. The third kappa shape index (κ3) is 4.23. The van der Waals surface area contributed by atoms with Gasteiger partial charge in [-0.15, -0.1) is 0 Å². The van der Waals surface area contributed by atoms with E-state index in [2.05, 4.69) is 33.9 Å². The Kier molecular flexibility index (Phi) is 6.39. The van der Waals surface area contributed by atoms with Crippen molar-refractivity contribution in [3.05, 3.63) is 41.2 Å². The van der Waals surface area contributed by atoms with E-state index in [0.717, 1.165) is 74.4 Å². The monoisotopic (exact) mass is 442 g/mol. The van der Waals surface area contributed by atoms with Crippen molar-refractivity contribution in [2.75, 3.05) is 37.6 Å². The fourth-order valence-electron chi connectivity index (χ4n) is 4.88. The molecule has 1 amide bonds. The number of amides is 1. The number of nitrogens with one attached hydrogen (secondary N) is 1. The van der Waals surface area contributed by atoms with Crippen molar-refractivity contribution in [1.29, 1.82) is 0 Å². The number of hydrogen-bond donors (Lipinski definition) is 2. The number of carbonyl (C=O) groups excluding carboxylic acids is 1. The number of hydrogen-bond acceptors (Lipinski definition) is 5. The SMILES string of the molecule is CCN(CC)Cc1cc(-c2cncc(Cl)c2N2CCC3(CCNC3=O)CC2)ccc1O. The molecule has 6 nitrogen and oxygen atoms in total. The average Bonchev–Trinajstić information content (AvgIpc) is 3.13. The Morgan fingerprint density at radius 1 is 1.19 bits per heavy atom. The van der Waals surface area contributed by atoms with Crippen LogP contribution in [0.1, 0.15) is 38.7 Å². The number of aromatic hydroxyl groups is 1. The molecular formula is C24H31ClN4O2. The maximum Gasteiger partial charge on any atom is 0.226 e. The Morgan fingerprint density at radius 3 is 2.58 bits per heavy atom. The van der Waals surface area contributed by atoms with Crippen molar-refractivity contribution in [1.82, 2.24) is 15.2 Å². The topological polar surface area (TPSA) is 68.7 Å². The smallest absolute Gasteiger partial charge is 0.226 e. The van der Waals surface area contributed by atoms with Gasteiger partial charge in [0.25, 0.3) is 0 Å². The van der Waals surface area contributed by atoms with Gasteiger partial charge >= 0.3 is 0 Å². The number of nitrogens with zero attached hydrogens (tertiary/aromatic N) is 3. The summed E-state index contributed by atoms with van der Waals surface area (Å²) in [6, 6.07) is 5.72. The highest BCUT2D eigenvalue weighted by molar-refractivity contribution is 6.33. The quantitative estimate of drug-likeness (QED) is 0.706. The first-order chi connectivity index (χ1) is 15.0. The minimum absolute atomic E-state index is 0.202. The van der Waals surface area contributed by atoms with E-state index >= 15 is 0 Å². The Labute approximate surface area is 189 Å². The van der Waals surface area contributed by atoms with E-state index in [1.807, 2.05) is 18.3 Å². The standard InChI is InChI=1S/C24H31ClN4O2/c1-3-28(4-2)16-18-13-17(5-6-21(18)30)19-14-26-15-20(25)22(19)29-11-8-24(9-12-29)7-10-27-23(24)31/h5-6,13-15,30H,3-4,7-12,16H2,1-2H3,(H,27,31). The van der Waals surface area contributed by atoms with Crippen LogP contribution < -0.4 is 10.2 Å². The van der Waals surface area contributed by atoms with Crippen LogP contribution in [0.15, 0.2) is 30.6 Å². The van der Waals surface area contributed by atoms with Gasteiger partial charge in [-0.3, -0.25) is 14.7 Å². The number of carbonyl (C=O) groups is 1. The largest absolute Gasteiger partial charge is 0.508 e. The molecule has 2 saturated heterocycles. The number of anilines is 1. The second-order valence-electron chi connectivity index (χ2n) is 8.60. The van der Waals surface area contributed by atoms with Gasteiger partial charge in [0.05, 0.1) is 16.1 Å². The van der Waals surface area contributed by atoms with Gasteiger partial charge in [-0.1, -0.05) is 31.5 Å². The van der Waals surface area contributed by atoms with Crippen LogP contribution in [-0.4, -0.2) is 53.6 Å². The summed E-state index contributed by atoms with van der Waals surface area (Å²) < 4.78 is 0. The van der Waals surface area contributed by atoms with Crippen LogP contribution in [0.25, 0.3) is 11.1 Å². The van der Waals surface area contributed by atoms with E-state index in [1.54, 1.807) is 12.3 Å². The molecule has 0 radical (unpaired) electrons. The van der Waals surface area contributed by atoms with Crippen molar-refractivity contribution in [3.63, 3.8) is 0 Å². The van der Waals surface area contributed by atoms with Crippen LogP contribution in [0.5, 0.6) is 5.75 Å². The molecule has 0 unspecified atom stereocenters. The highest BCUT2D eigenvalue weighted by Crippen LogP contribution is 2.43. The molecule has 0 bridgehead atoms. The van der Waals surface area contributed by atoms with Crippen LogP contribution in [0.3, 0.4) is 0 Å². The lowest BCUT2D eigenvalue weighted by atomic mass is 9.77. The molecule has 2 aliphatic heterocycles. The molecule has 0 aliphatic carbocycles. The third-order valence-corrected chi connectivity index (χ3v) is 7.24. The molecule has 7 heteroatoms. The summed E-state index contributed by atoms with van der Waals surface area (Å²) in [5.41, 5.74) is 3.59. The lowest BCUT2D eigenvalue weighted by Gasteiger charge is -2.39. The van der Waals surface area contributed by atoms with Gasteiger partial charge < -0.3 is 15.3 Å². The zero-order chi connectivity index (χ0) is 22.0. The zero-order valence-corrected chi connectivity index (χ0v) is 19.1. The Balaban J connectivity index is 1.64. The number of phenols is 1. The van der Waals surface area contributed by atoms with E-state index in [-0.39, 0.29) is 11.3 Å². The lowest BCUT2D eigenvalue weighted by molar-refractivity contribution is -0.128. The third-order valence-electron chi connectivity index (χ3n) is 6.96. The molecule has 4 rings (SSSR count). The molecule has 2 fully saturated rings. The molecule has 2 N–H and O–H groups in total. The second kappa shape index (κ2) is 9.05. The van der Waals surface area contributed by atoms with E-state index < -0.39 is 0 Å². The predicted molar refractivity (Wildman–Crippen MR) is 124 cm³/mol. The van der Waals surface area contributed by atoms with Crippen LogP contribution in [0.2, 0.25) is 5.02 Å². The molecule has 0 saturated carbocycles. The van der Waals surface area contributed by atoms with Crippen molar-refractivity contribution in [2.24, 2.45) is 5.41 Å². The molecule has 2 aromatic rings. The highest BCUT2D eigenvalue weighted by atomic mass is 35.5. The van der Waals surface area contributed by atoms with Gasteiger partial charge in [0, 0.05) is 49.7 Å². The van der Waals surface area contributed by atoms with E-state index in [0.29, 0.717) is 17.3 Å². The Bertz CT molecular complexity index is 953. The Morgan fingerprint density at radius 2 is 1.94 bits per heavy atom. The molecule has 1 aromatic carbocycles. The summed E-state index contributed by atoms with van der Waals surface area (Å²) in [4.78, 5) is 21.3. The van der Waals surface area contributed by atoms with Crippen LogP contribution in [0.4, 0.5) is 5.69 Å².